The molecule has 0 aliphatic rings. The molecule has 0 saturated heterocycles. The van der Waals surface area contributed by atoms with E-state index < -0.39 is 28.5 Å². The van der Waals surface area contributed by atoms with E-state index in [1.807, 2.05) is 44.2 Å². The standard InChI is InChI=1S/C28H33N3O4S/c1-5-25(28(33)29-4)30(19-23-17-15-21(2)16-18-23)27(32)20-31(26-14-10-9-11-22(26)3)36(34,35)24-12-7-6-8-13-24/h6-18,25H,5,19-20H2,1-4H3,(H,29,33)/t25-/m0/s1. The molecule has 2 amide bonds. The van der Waals surface area contributed by atoms with Gasteiger partial charge in [-0.05, 0) is 49.6 Å². The molecule has 0 radical (unpaired) electrons. The van der Waals surface area contributed by atoms with E-state index in [0.717, 1.165) is 15.4 Å². The zero-order valence-corrected chi connectivity index (χ0v) is 22.0. The number of hydrogen-bond acceptors (Lipinski definition) is 4. The number of para-hydroxylation sites is 1. The summed E-state index contributed by atoms with van der Waals surface area (Å²) in [5, 5.41) is 2.63. The number of carbonyl (C=O) groups excluding carboxylic acids is 2. The molecule has 0 fully saturated rings. The van der Waals surface area contributed by atoms with Gasteiger partial charge in [0.15, 0.2) is 0 Å². The Morgan fingerprint density at radius 2 is 1.50 bits per heavy atom. The number of anilines is 1. The van der Waals surface area contributed by atoms with Crippen molar-refractivity contribution in [2.75, 3.05) is 17.9 Å². The minimum absolute atomic E-state index is 0.0875. The van der Waals surface area contributed by atoms with E-state index in [1.165, 1.54) is 24.1 Å². The molecule has 3 aromatic carbocycles. The minimum atomic E-state index is -4.06. The molecule has 0 aliphatic carbocycles. The van der Waals surface area contributed by atoms with Gasteiger partial charge in [0.05, 0.1) is 10.6 Å². The largest absolute Gasteiger partial charge is 0.357 e. The van der Waals surface area contributed by atoms with Crippen LogP contribution in [0.4, 0.5) is 5.69 Å². The molecule has 1 N–H and O–H groups in total. The lowest BCUT2D eigenvalue weighted by Gasteiger charge is -2.33. The Morgan fingerprint density at radius 3 is 2.08 bits per heavy atom. The first kappa shape index (κ1) is 26.9. The van der Waals surface area contributed by atoms with Crippen molar-refractivity contribution in [1.29, 1.82) is 0 Å². The molecule has 1 atom stereocenters. The Bertz CT molecular complexity index is 1290. The average molecular weight is 508 g/mol. The second kappa shape index (κ2) is 11.9. The number of benzene rings is 3. The Balaban J connectivity index is 2.05. The van der Waals surface area contributed by atoms with Crippen LogP contribution in [-0.2, 0) is 26.2 Å². The summed E-state index contributed by atoms with van der Waals surface area (Å²) >= 11 is 0. The maximum absolute atomic E-state index is 13.8. The average Bonchev–Trinajstić information content (AvgIpc) is 2.89. The molecule has 0 heterocycles. The predicted octanol–water partition coefficient (Wildman–Crippen LogP) is 4.05. The number of sulfonamides is 1. The van der Waals surface area contributed by atoms with Crippen LogP contribution < -0.4 is 9.62 Å². The molecule has 0 aromatic heterocycles. The van der Waals surface area contributed by atoms with Gasteiger partial charge in [-0.1, -0.05) is 73.2 Å². The van der Waals surface area contributed by atoms with Gasteiger partial charge in [-0.2, -0.15) is 0 Å². The Kier molecular flexibility index (Phi) is 8.88. The molecule has 8 heteroatoms. The van der Waals surface area contributed by atoms with Crippen LogP contribution in [0, 0.1) is 13.8 Å². The lowest BCUT2D eigenvalue weighted by Crippen LogP contribution is -2.51. The molecular formula is C28H33N3O4S. The Labute approximate surface area is 213 Å². The molecular weight excluding hydrogens is 474 g/mol. The van der Waals surface area contributed by atoms with E-state index in [2.05, 4.69) is 5.32 Å². The first-order valence-electron chi connectivity index (χ1n) is 11.9. The van der Waals surface area contributed by atoms with Gasteiger partial charge in [0.25, 0.3) is 10.0 Å². The van der Waals surface area contributed by atoms with Gasteiger partial charge in [0.1, 0.15) is 12.6 Å². The van der Waals surface area contributed by atoms with Crippen molar-refractivity contribution in [3.63, 3.8) is 0 Å². The van der Waals surface area contributed by atoms with Crippen molar-refractivity contribution >= 4 is 27.5 Å². The highest BCUT2D eigenvalue weighted by molar-refractivity contribution is 7.92. The van der Waals surface area contributed by atoms with Gasteiger partial charge in [-0.3, -0.25) is 13.9 Å². The topological polar surface area (TPSA) is 86.8 Å². The fourth-order valence-electron chi connectivity index (χ4n) is 4.05. The van der Waals surface area contributed by atoms with Crippen LogP contribution in [0.25, 0.3) is 0 Å². The predicted molar refractivity (Wildman–Crippen MR) is 142 cm³/mol. The summed E-state index contributed by atoms with van der Waals surface area (Å²) in [5.41, 5.74) is 3.06. The quantitative estimate of drug-likeness (QED) is 0.449. The summed E-state index contributed by atoms with van der Waals surface area (Å²) in [6.07, 6.45) is 0.382. The first-order valence-corrected chi connectivity index (χ1v) is 13.3. The maximum Gasteiger partial charge on any atom is 0.264 e. The number of aryl methyl sites for hydroxylation is 2. The van der Waals surface area contributed by atoms with E-state index in [1.54, 1.807) is 43.3 Å². The molecule has 3 aromatic rings. The van der Waals surface area contributed by atoms with Crippen LogP contribution in [-0.4, -0.2) is 44.8 Å². The second-order valence-corrected chi connectivity index (χ2v) is 10.5. The number of nitrogens with one attached hydrogen (secondary N) is 1. The molecule has 0 spiro atoms. The summed E-state index contributed by atoms with van der Waals surface area (Å²) in [4.78, 5) is 28.1. The number of likely N-dealkylation sites (N-methyl/N-ethyl adjacent to an activating group) is 1. The normalized spacial score (nSPS) is 12.0. The summed E-state index contributed by atoms with van der Waals surface area (Å²) in [6.45, 7) is 5.34. The number of amides is 2. The van der Waals surface area contributed by atoms with Gasteiger partial charge >= 0.3 is 0 Å². The minimum Gasteiger partial charge on any atom is -0.357 e. The van der Waals surface area contributed by atoms with Crippen molar-refractivity contribution in [1.82, 2.24) is 10.2 Å². The SMILES string of the molecule is CC[C@@H](C(=O)NC)N(Cc1ccc(C)cc1)C(=O)CN(c1ccccc1C)S(=O)(=O)c1ccccc1. The van der Waals surface area contributed by atoms with Crippen LogP contribution >= 0.6 is 0 Å². The van der Waals surface area contributed by atoms with Gasteiger partial charge in [0, 0.05) is 13.6 Å². The Morgan fingerprint density at radius 1 is 0.889 bits per heavy atom. The molecule has 3 rings (SSSR count). The third-order valence-electron chi connectivity index (χ3n) is 6.10. The van der Waals surface area contributed by atoms with Gasteiger partial charge in [-0.25, -0.2) is 8.42 Å². The van der Waals surface area contributed by atoms with Crippen LogP contribution in [0.1, 0.15) is 30.0 Å². The van der Waals surface area contributed by atoms with Gasteiger partial charge in [-0.15, -0.1) is 0 Å². The van der Waals surface area contributed by atoms with Crippen molar-refractivity contribution in [3.8, 4) is 0 Å². The summed E-state index contributed by atoms with van der Waals surface area (Å²) in [5.74, 6) is -0.764. The summed E-state index contributed by atoms with van der Waals surface area (Å²) < 4.78 is 28.6. The molecule has 0 aliphatic heterocycles. The third-order valence-corrected chi connectivity index (χ3v) is 7.87. The molecule has 0 unspecified atom stereocenters. The van der Waals surface area contributed by atoms with Crippen LogP contribution in [0.2, 0.25) is 0 Å². The van der Waals surface area contributed by atoms with Crippen molar-refractivity contribution < 1.29 is 18.0 Å². The first-order chi connectivity index (χ1) is 17.2. The fourth-order valence-corrected chi connectivity index (χ4v) is 5.55. The second-order valence-electron chi connectivity index (χ2n) is 8.66. The molecule has 36 heavy (non-hydrogen) atoms. The summed E-state index contributed by atoms with van der Waals surface area (Å²) in [7, 11) is -2.53. The van der Waals surface area contributed by atoms with E-state index in [-0.39, 0.29) is 17.3 Å². The van der Waals surface area contributed by atoms with E-state index in [9.17, 15) is 18.0 Å². The number of hydrogen-bond donors (Lipinski definition) is 1. The molecule has 0 saturated carbocycles. The maximum atomic E-state index is 13.8. The van der Waals surface area contributed by atoms with Gasteiger partial charge < -0.3 is 10.2 Å². The monoisotopic (exact) mass is 507 g/mol. The highest BCUT2D eigenvalue weighted by Crippen LogP contribution is 2.27. The fraction of sp³-hybridized carbons (Fsp3) is 0.286. The highest BCUT2D eigenvalue weighted by Gasteiger charge is 2.33. The zero-order chi connectivity index (χ0) is 26.3. The smallest absolute Gasteiger partial charge is 0.264 e. The van der Waals surface area contributed by atoms with Crippen molar-refractivity contribution in [3.05, 3.63) is 95.6 Å². The van der Waals surface area contributed by atoms with Crippen LogP contribution in [0.5, 0.6) is 0 Å². The zero-order valence-electron chi connectivity index (χ0n) is 21.1. The van der Waals surface area contributed by atoms with Crippen molar-refractivity contribution in [2.24, 2.45) is 0 Å². The molecule has 190 valence electrons. The number of nitrogens with zero attached hydrogens (tertiary/aromatic N) is 2. The van der Waals surface area contributed by atoms with E-state index >= 15 is 0 Å². The van der Waals surface area contributed by atoms with E-state index in [4.69, 9.17) is 0 Å². The lowest BCUT2D eigenvalue weighted by molar-refractivity contribution is -0.140. The molecule has 0 bridgehead atoms. The Hall–Kier alpha value is -3.65. The number of rotatable bonds is 10. The van der Waals surface area contributed by atoms with Gasteiger partial charge in [0.2, 0.25) is 11.8 Å². The summed E-state index contributed by atoms with van der Waals surface area (Å²) in [6, 6.07) is 22.0. The third kappa shape index (κ3) is 6.12. The lowest BCUT2D eigenvalue weighted by atomic mass is 10.1. The molecule has 7 nitrogen and oxygen atoms in total. The van der Waals surface area contributed by atoms with Crippen LogP contribution in [0.15, 0.2) is 83.8 Å². The highest BCUT2D eigenvalue weighted by atomic mass is 32.2. The van der Waals surface area contributed by atoms with Crippen LogP contribution in [0.3, 0.4) is 0 Å². The number of carbonyl (C=O) groups is 2. The van der Waals surface area contributed by atoms with Crippen molar-refractivity contribution in [2.45, 2.75) is 44.7 Å². The van der Waals surface area contributed by atoms with E-state index in [0.29, 0.717) is 17.7 Å².